The predicted octanol–water partition coefficient (Wildman–Crippen LogP) is 6.30. The molecule has 1 heterocycles. The summed E-state index contributed by atoms with van der Waals surface area (Å²) in [7, 11) is 1.90. The van der Waals surface area contributed by atoms with E-state index in [-0.39, 0.29) is 12.0 Å². The van der Waals surface area contributed by atoms with E-state index in [1.165, 1.54) is 0 Å². The summed E-state index contributed by atoms with van der Waals surface area (Å²) in [4.78, 5) is 32.2. The van der Waals surface area contributed by atoms with E-state index >= 15 is 0 Å². The molecule has 1 aliphatic carbocycles. The fourth-order valence-electron chi connectivity index (χ4n) is 4.95. The molecule has 1 aliphatic rings. The van der Waals surface area contributed by atoms with E-state index in [9.17, 15) is 9.59 Å². The molecule has 6 nitrogen and oxygen atoms in total. The Morgan fingerprint density at radius 1 is 0.972 bits per heavy atom. The van der Waals surface area contributed by atoms with Crippen molar-refractivity contribution in [2.75, 3.05) is 20.1 Å². The maximum absolute atomic E-state index is 13.6. The molecule has 1 aromatic heterocycles. The van der Waals surface area contributed by atoms with Crippen LogP contribution in [0.4, 0.5) is 4.79 Å². The van der Waals surface area contributed by atoms with Crippen molar-refractivity contribution in [2.45, 2.75) is 52.1 Å². The minimum absolute atomic E-state index is 0.0273. The number of amides is 2. The molecule has 0 spiro atoms. The van der Waals surface area contributed by atoms with Gasteiger partial charge in [-0.3, -0.25) is 4.79 Å². The van der Waals surface area contributed by atoms with Gasteiger partial charge in [0.15, 0.2) is 0 Å². The molecule has 0 saturated heterocycles. The Kier molecular flexibility index (Phi) is 7.92. The van der Waals surface area contributed by atoms with Crippen LogP contribution in [0.1, 0.15) is 56.8 Å². The highest BCUT2D eigenvalue weighted by Crippen LogP contribution is 2.30. The van der Waals surface area contributed by atoms with E-state index in [2.05, 4.69) is 5.32 Å². The average Bonchev–Trinajstić information content (AvgIpc) is 2.86. The first kappa shape index (κ1) is 25.7. The standard InChI is InChI=1S/C30H37N3O3/c1-30(2,3)36-29(35)31-19-21-14-16-22(17-15-21)20-33(4)28(34)25-18-27(23-10-6-5-7-11-23)32-26-13-9-8-12-24(25)26/h5-13,18,21-22H,14-17,19-20H2,1-4H3,(H,31,35)/t21-,22-. The molecule has 0 unspecified atom stereocenters. The normalized spacial score (nSPS) is 18.0. The Hall–Kier alpha value is -3.41. The van der Waals surface area contributed by atoms with Crippen LogP contribution in [-0.4, -0.2) is 47.6 Å². The number of hydrogen-bond donors (Lipinski definition) is 1. The van der Waals surface area contributed by atoms with Crippen LogP contribution in [0, 0.1) is 11.8 Å². The Balaban J connectivity index is 1.38. The second kappa shape index (κ2) is 11.1. The maximum atomic E-state index is 13.6. The van der Waals surface area contributed by atoms with Crippen LogP contribution in [0.3, 0.4) is 0 Å². The quantitative estimate of drug-likeness (QED) is 0.443. The Morgan fingerprint density at radius 3 is 2.31 bits per heavy atom. The summed E-state index contributed by atoms with van der Waals surface area (Å²) < 4.78 is 5.34. The molecule has 2 amide bonds. The molecule has 0 atom stereocenters. The van der Waals surface area contributed by atoms with Crippen LogP contribution in [0.25, 0.3) is 22.2 Å². The molecule has 36 heavy (non-hydrogen) atoms. The second-order valence-electron chi connectivity index (χ2n) is 10.9. The van der Waals surface area contributed by atoms with Crippen molar-refractivity contribution in [3.63, 3.8) is 0 Å². The van der Waals surface area contributed by atoms with Gasteiger partial charge in [-0.1, -0.05) is 48.5 Å². The van der Waals surface area contributed by atoms with Crippen molar-refractivity contribution in [3.8, 4) is 11.3 Å². The highest BCUT2D eigenvalue weighted by Gasteiger charge is 2.26. The average molecular weight is 488 g/mol. The van der Waals surface area contributed by atoms with E-state index in [4.69, 9.17) is 9.72 Å². The minimum Gasteiger partial charge on any atom is -0.444 e. The van der Waals surface area contributed by atoms with Gasteiger partial charge < -0.3 is 15.0 Å². The number of pyridine rings is 1. The van der Waals surface area contributed by atoms with Crippen LogP contribution < -0.4 is 5.32 Å². The summed E-state index contributed by atoms with van der Waals surface area (Å²) in [5, 5.41) is 3.79. The van der Waals surface area contributed by atoms with Crippen LogP contribution >= 0.6 is 0 Å². The van der Waals surface area contributed by atoms with Gasteiger partial charge in [-0.25, -0.2) is 9.78 Å². The van der Waals surface area contributed by atoms with E-state index in [0.717, 1.165) is 54.4 Å². The van der Waals surface area contributed by atoms with Crippen molar-refractivity contribution in [3.05, 3.63) is 66.2 Å². The molecule has 3 aromatic rings. The zero-order chi connectivity index (χ0) is 25.7. The van der Waals surface area contributed by atoms with Gasteiger partial charge in [0.25, 0.3) is 5.91 Å². The third-order valence-electron chi connectivity index (χ3n) is 6.80. The van der Waals surface area contributed by atoms with Crippen LogP contribution in [-0.2, 0) is 4.74 Å². The zero-order valence-corrected chi connectivity index (χ0v) is 21.8. The van der Waals surface area contributed by atoms with E-state index in [1.807, 2.05) is 93.4 Å². The third-order valence-corrected chi connectivity index (χ3v) is 6.80. The second-order valence-corrected chi connectivity index (χ2v) is 10.9. The SMILES string of the molecule is CN(C[C@H]1CC[C@H](CNC(=O)OC(C)(C)C)CC1)C(=O)c1cc(-c2ccccc2)nc2ccccc12. The van der Waals surface area contributed by atoms with Crippen molar-refractivity contribution in [2.24, 2.45) is 11.8 Å². The number of para-hydroxylation sites is 1. The summed E-state index contributed by atoms with van der Waals surface area (Å²) in [5.74, 6) is 0.935. The monoisotopic (exact) mass is 487 g/mol. The van der Waals surface area contributed by atoms with Crippen molar-refractivity contribution in [1.82, 2.24) is 15.2 Å². The van der Waals surface area contributed by atoms with Gasteiger partial charge >= 0.3 is 6.09 Å². The Labute approximate surface area is 214 Å². The molecule has 6 heteroatoms. The van der Waals surface area contributed by atoms with Crippen LogP contribution in [0.15, 0.2) is 60.7 Å². The van der Waals surface area contributed by atoms with Gasteiger partial charge in [0.2, 0.25) is 0 Å². The lowest BCUT2D eigenvalue weighted by Gasteiger charge is -2.31. The molecule has 2 aromatic carbocycles. The largest absolute Gasteiger partial charge is 0.444 e. The van der Waals surface area contributed by atoms with Crippen molar-refractivity contribution >= 4 is 22.9 Å². The van der Waals surface area contributed by atoms with Crippen LogP contribution in [0.5, 0.6) is 0 Å². The number of alkyl carbamates (subject to hydrolysis) is 1. The van der Waals surface area contributed by atoms with E-state index < -0.39 is 5.60 Å². The van der Waals surface area contributed by atoms with Gasteiger partial charge in [0, 0.05) is 31.1 Å². The summed E-state index contributed by atoms with van der Waals surface area (Å²) >= 11 is 0. The van der Waals surface area contributed by atoms with Crippen molar-refractivity contribution in [1.29, 1.82) is 0 Å². The first-order valence-electron chi connectivity index (χ1n) is 12.9. The first-order chi connectivity index (χ1) is 17.2. The number of rotatable bonds is 6. The number of ether oxygens (including phenoxy) is 1. The lowest BCUT2D eigenvalue weighted by Crippen LogP contribution is -2.37. The van der Waals surface area contributed by atoms with Gasteiger partial charge in [0.1, 0.15) is 5.60 Å². The van der Waals surface area contributed by atoms with E-state index in [0.29, 0.717) is 23.9 Å². The summed E-state index contributed by atoms with van der Waals surface area (Å²) in [6, 6.07) is 19.8. The summed E-state index contributed by atoms with van der Waals surface area (Å²) in [6.45, 7) is 6.97. The molecule has 0 bridgehead atoms. The van der Waals surface area contributed by atoms with Gasteiger partial charge in [-0.2, -0.15) is 0 Å². The number of carbonyl (C=O) groups is 2. The predicted molar refractivity (Wildman–Crippen MR) is 144 cm³/mol. The maximum Gasteiger partial charge on any atom is 0.407 e. The number of nitrogens with one attached hydrogen (secondary N) is 1. The number of aromatic nitrogens is 1. The minimum atomic E-state index is -0.485. The number of carbonyl (C=O) groups excluding carboxylic acids is 2. The molecule has 1 fully saturated rings. The van der Waals surface area contributed by atoms with Crippen molar-refractivity contribution < 1.29 is 14.3 Å². The number of nitrogens with zero attached hydrogens (tertiary/aromatic N) is 2. The molecule has 0 aliphatic heterocycles. The summed E-state index contributed by atoms with van der Waals surface area (Å²) in [5.41, 5.74) is 2.84. The topological polar surface area (TPSA) is 71.5 Å². The van der Waals surface area contributed by atoms with Gasteiger partial charge in [0.05, 0.1) is 16.8 Å². The fraction of sp³-hybridized carbons (Fsp3) is 0.433. The number of fused-ring (bicyclic) bond motifs is 1. The Morgan fingerprint density at radius 2 is 1.61 bits per heavy atom. The van der Waals surface area contributed by atoms with Gasteiger partial charge in [-0.15, -0.1) is 0 Å². The molecule has 190 valence electrons. The number of hydrogen-bond acceptors (Lipinski definition) is 4. The highest BCUT2D eigenvalue weighted by atomic mass is 16.6. The Bertz CT molecular complexity index is 1200. The molecule has 1 saturated carbocycles. The third kappa shape index (κ3) is 6.62. The van der Waals surface area contributed by atoms with Crippen LogP contribution in [0.2, 0.25) is 0 Å². The first-order valence-corrected chi connectivity index (χ1v) is 12.9. The lowest BCUT2D eigenvalue weighted by atomic mass is 9.81. The van der Waals surface area contributed by atoms with E-state index in [1.54, 1.807) is 0 Å². The molecule has 0 radical (unpaired) electrons. The smallest absolute Gasteiger partial charge is 0.407 e. The number of benzene rings is 2. The molecular weight excluding hydrogens is 450 g/mol. The molecular formula is C30H37N3O3. The molecule has 1 N–H and O–H groups in total. The van der Waals surface area contributed by atoms with Gasteiger partial charge in [-0.05, 0) is 70.4 Å². The lowest BCUT2D eigenvalue weighted by molar-refractivity contribution is 0.0510. The zero-order valence-electron chi connectivity index (χ0n) is 21.8. The highest BCUT2D eigenvalue weighted by molar-refractivity contribution is 6.07. The fourth-order valence-corrected chi connectivity index (χ4v) is 4.95. The molecule has 4 rings (SSSR count). The summed E-state index contributed by atoms with van der Waals surface area (Å²) in [6.07, 6.45) is 3.82.